The standard InChI is InChI=1S/C18H12Cl2N4O2/c1-22-18(26)24-17(21-22)16(25)10-15(11-2-4-12(19)5-3-11)23(24)14-8-6-13(20)7-9-14/h2-10H,1H3. The Kier molecular flexibility index (Phi) is 3.94. The van der Waals surface area contributed by atoms with E-state index in [2.05, 4.69) is 5.10 Å². The topological polar surface area (TPSA) is 61.3 Å². The first-order chi connectivity index (χ1) is 12.5. The molecule has 0 radical (unpaired) electrons. The van der Waals surface area contributed by atoms with Crippen LogP contribution in [0.2, 0.25) is 10.0 Å². The zero-order chi connectivity index (χ0) is 18.4. The van der Waals surface area contributed by atoms with Gasteiger partial charge >= 0.3 is 5.69 Å². The Hall–Kier alpha value is -2.83. The van der Waals surface area contributed by atoms with Gasteiger partial charge in [0.1, 0.15) is 0 Å². The van der Waals surface area contributed by atoms with Crippen molar-refractivity contribution < 1.29 is 0 Å². The molecule has 0 saturated heterocycles. The zero-order valence-corrected chi connectivity index (χ0v) is 15.1. The van der Waals surface area contributed by atoms with Gasteiger partial charge in [0.15, 0.2) is 0 Å². The Morgan fingerprint density at radius 2 is 1.46 bits per heavy atom. The summed E-state index contributed by atoms with van der Waals surface area (Å²) in [5, 5.41) is 5.20. The van der Waals surface area contributed by atoms with Crippen LogP contribution < -0.4 is 11.1 Å². The van der Waals surface area contributed by atoms with Crippen molar-refractivity contribution in [3.63, 3.8) is 0 Å². The van der Waals surface area contributed by atoms with E-state index in [1.165, 1.54) is 17.6 Å². The van der Waals surface area contributed by atoms with E-state index < -0.39 is 5.69 Å². The lowest BCUT2D eigenvalue weighted by atomic mass is 10.1. The van der Waals surface area contributed by atoms with Crippen LogP contribution >= 0.6 is 23.2 Å². The second-order valence-electron chi connectivity index (χ2n) is 5.73. The number of aryl methyl sites for hydroxylation is 1. The van der Waals surface area contributed by atoms with Gasteiger partial charge in [-0.3, -0.25) is 4.79 Å². The first-order valence-corrected chi connectivity index (χ1v) is 8.45. The second kappa shape index (κ2) is 6.16. The molecule has 0 atom stereocenters. The van der Waals surface area contributed by atoms with Gasteiger partial charge in [-0.1, -0.05) is 35.3 Å². The minimum absolute atomic E-state index is 0.0464. The predicted octanol–water partition coefficient (Wildman–Crippen LogP) is 3.16. The van der Waals surface area contributed by atoms with E-state index in [9.17, 15) is 9.59 Å². The molecule has 4 rings (SSSR count). The maximum Gasteiger partial charge on any atom is 0.365 e. The van der Waals surface area contributed by atoms with Crippen molar-refractivity contribution in [2.45, 2.75) is 0 Å². The molecule has 2 aromatic heterocycles. The van der Waals surface area contributed by atoms with Gasteiger partial charge in [-0.05, 0) is 36.4 Å². The molecule has 0 aliphatic rings. The highest BCUT2D eigenvalue weighted by molar-refractivity contribution is 6.30. The molecule has 130 valence electrons. The number of hydrogen-bond acceptors (Lipinski definition) is 3. The molecule has 8 heteroatoms. The minimum atomic E-state index is -0.428. The first-order valence-electron chi connectivity index (χ1n) is 7.70. The average Bonchev–Trinajstić information content (AvgIpc) is 2.93. The number of halogens is 2. The van der Waals surface area contributed by atoms with Crippen LogP contribution in [0.25, 0.3) is 22.6 Å². The third-order valence-corrected chi connectivity index (χ3v) is 4.53. The van der Waals surface area contributed by atoms with Gasteiger partial charge in [-0.2, -0.15) is 4.52 Å². The Balaban J connectivity index is 2.17. The van der Waals surface area contributed by atoms with Crippen LogP contribution in [0.15, 0.2) is 64.2 Å². The molecule has 0 N–H and O–H groups in total. The van der Waals surface area contributed by atoms with Crippen LogP contribution in [0.4, 0.5) is 0 Å². The monoisotopic (exact) mass is 386 g/mol. The van der Waals surface area contributed by atoms with Crippen molar-refractivity contribution in [3.05, 3.63) is 85.4 Å². The van der Waals surface area contributed by atoms with Crippen LogP contribution in [0, 0.1) is 0 Å². The third-order valence-electron chi connectivity index (χ3n) is 4.03. The third kappa shape index (κ3) is 2.64. The lowest BCUT2D eigenvalue weighted by Crippen LogP contribution is -2.27. The van der Waals surface area contributed by atoms with E-state index in [1.54, 1.807) is 53.2 Å². The molecule has 0 aliphatic heterocycles. The number of hydrogen-bond donors (Lipinski definition) is 0. The first kappa shape index (κ1) is 16.6. The number of aromatic nitrogens is 4. The van der Waals surface area contributed by atoms with Crippen LogP contribution in [-0.4, -0.2) is 19.0 Å². The molecule has 26 heavy (non-hydrogen) atoms. The fraction of sp³-hybridized carbons (Fsp3) is 0.0556. The molecule has 2 aromatic carbocycles. The highest BCUT2D eigenvalue weighted by Crippen LogP contribution is 2.24. The van der Waals surface area contributed by atoms with E-state index >= 15 is 0 Å². The normalized spacial score (nSPS) is 11.2. The average molecular weight is 387 g/mol. The fourth-order valence-corrected chi connectivity index (χ4v) is 3.06. The van der Waals surface area contributed by atoms with Crippen molar-refractivity contribution in [1.82, 2.24) is 19.0 Å². The van der Waals surface area contributed by atoms with Crippen LogP contribution in [0.1, 0.15) is 0 Å². The summed E-state index contributed by atoms with van der Waals surface area (Å²) in [6.45, 7) is 0. The van der Waals surface area contributed by atoms with Gasteiger partial charge in [0.25, 0.3) is 0 Å². The predicted molar refractivity (Wildman–Crippen MR) is 101 cm³/mol. The van der Waals surface area contributed by atoms with Crippen LogP contribution in [-0.2, 0) is 7.05 Å². The summed E-state index contributed by atoms with van der Waals surface area (Å²) in [5.74, 6) is 0. The van der Waals surface area contributed by atoms with Crippen molar-refractivity contribution in [2.75, 3.05) is 0 Å². The molecule has 0 amide bonds. The number of fused-ring (bicyclic) bond motifs is 1. The van der Waals surface area contributed by atoms with E-state index in [4.69, 9.17) is 23.2 Å². The summed E-state index contributed by atoms with van der Waals surface area (Å²) >= 11 is 12.0. The van der Waals surface area contributed by atoms with E-state index in [-0.39, 0.29) is 11.1 Å². The molecule has 4 aromatic rings. The Morgan fingerprint density at radius 1 is 0.885 bits per heavy atom. The highest BCUT2D eigenvalue weighted by atomic mass is 35.5. The fourth-order valence-electron chi connectivity index (χ4n) is 2.81. The number of rotatable bonds is 2. The van der Waals surface area contributed by atoms with Gasteiger partial charge in [-0.25, -0.2) is 14.2 Å². The molecule has 2 heterocycles. The molecule has 0 spiro atoms. The lowest BCUT2D eigenvalue weighted by Gasteiger charge is -2.15. The van der Waals surface area contributed by atoms with Crippen LogP contribution in [0.3, 0.4) is 0 Å². The van der Waals surface area contributed by atoms with E-state index in [1.807, 2.05) is 0 Å². The van der Waals surface area contributed by atoms with Gasteiger partial charge in [0.2, 0.25) is 11.1 Å². The van der Waals surface area contributed by atoms with Gasteiger partial charge in [-0.15, -0.1) is 5.10 Å². The summed E-state index contributed by atoms with van der Waals surface area (Å²) < 4.78 is 4.04. The van der Waals surface area contributed by atoms with Crippen LogP contribution in [0.5, 0.6) is 0 Å². The number of benzene rings is 2. The lowest BCUT2D eigenvalue weighted by molar-refractivity contribution is 0.687. The zero-order valence-electron chi connectivity index (χ0n) is 13.6. The second-order valence-corrected chi connectivity index (χ2v) is 6.60. The molecule has 0 unspecified atom stereocenters. The smallest absolute Gasteiger partial charge is 0.286 e. The van der Waals surface area contributed by atoms with Crippen molar-refractivity contribution >= 4 is 28.8 Å². The van der Waals surface area contributed by atoms with Gasteiger partial charge < -0.3 is 0 Å². The van der Waals surface area contributed by atoms with Gasteiger partial charge in [0, 0.05) is 28.7 Å². The maximum atomic E-state index is 12.6. The van der Waals surface area contributed by atoms with Crippen molar-refractivity contribution in [3.8, 4) is 16.9 Å². The Morgan fingerprint density at radius 3 is 2.08 bits per heavy atom. The molecule has 0 saturated carbocycles. The molecule has 0 aliphatic carbocycles. The number of nitrogens with zero attached hydrogens (tertiary/aromatic N) is 4. The quantitative estimate of drug-likeness (QED) is 0.531. The SMILES string of the molecule is Cn1nc2c(=O)cc(-c3ccc(Cl)cc3)n(-c3ccc(Cl)cc3)n2c1=O. The van der Waals surface area contributed by atoms with E-state index in [0.29, 0.717) is 21.4 Å². The largest absolute Gasteiger partial charge is 0.365 e. The maximum absolute atomic E-state index is 12.6. The summed E-state index contributed by atoms with van der Waals surface area (Å²) in [6, 6.07) is 15.5. The molecule has 0 bridgehead atoms. The molecule has 0 fully saturated rings. The molecular weight excluding hydrogens is 375 g/mol. The summed E-state index contributed by atoms with van der Waals surface area (Å²) in [6.07, 6.45) is 0. The minimum Gasteiger partial charge on any atom is -0.286 e. The van der Waals surface area contributed by atoms with Crippen molar-refractivity contribution in [1.29, 1.82) is 0 Å². The van der Waals surface area contributed by atoms with Gasteiger partial charge in [0.05, 0.1) is 11.4 Å². The Labute approximate surface area is 157 Å². The summed E-state index contributed by atoms with van der Waals surface area (Å²) in [7, 11) is 1.50. The van der Waals surface area contributed by atoms with E-state index in [0.717, 1.165) is 10.2 Å². The van der Waals surface area contributed by atoms with Crippen molar-refractivity contribution in [2.24, 2.45) is 7.05 Å². The Bertz CT molecular complexity index is 1240. The molecular formula is C18H12Cl2N4O2. The molecule has 6 nitrogen and oxygen atoms in total. The summed E-state index contributed by atoms with van der Waals surface area (Å²) in [5.41, 5.74) is 1.21. The highest BCUT2D eigenvalue weighted by Gasteiger charge is 2.17. The summed E-state index contributed by atoms with van der Waals surface area (Å²) in [4.78, 5) is 25.2.